The van der Waals surface area contributed by atoms with Crippen LogP contribution < -0.4 is 11.4 Å². The summed E-state index contributed by atoms with van der Waals surface area (Å²) in [6, 6.07) is 1.34. The van der Waals surface area contributed by atoms with E-state index in [0.29, 0.717) is 0 Å². The van der Waals surface area contributed by atoms with E-state index < -0.39 is 68.0 Å². The molecule has 0 amide bonds. The normalized spacial score (nSPS) is 40.2. The van der Waals surface area contributed by atoms with Crippen LogP contribution in [0.15, 0.2) is 17.1 Å². The Morgan fingerprint density at radius 1 is 1.12 bits per heavy atom. The van der Waals surface area contributed by atoms with Crippen LogP contribution in [0.3, 0.4) is 0 Å². The molecule has 0 unspecified atom stereocenters. The van der Waals surface area contributed by atoms with E-state index in [1.807, 2.05) is 0 Å². The lowest BCUT2D eigenvalue weighted by Gasteiger charge is -2.26. The fourth-order valence-corrected chi connectivity index (χ4v) is 2.99. The minimum Gasteiger partial charge on any atom is -0.394 e. The number of anilines is 1. The van der Waals surface area contributed by atoms with Gasteiger partial charge in [0.1, 0.15) is 42.4 Å². The number of ether oxygens (including phenoxy) is 3. The van der Waals surface area contributed by atoms with Crippen molar-refractivity contribution in [2.75, 3.05) is 18.9 Å². The Morgan fingerprint density at radius 3 is 2.35 bits per heavy atom. The fourth-order valence-electron chi connectivity index (χ4n) is 2.99. The zero-order chi connectivity index (χ0) is 19.0. The Morgan fingerprint density at radius 2 is 1.77 bits per heavy atom. The molecule has 1 aromatic heterocycles. The molecule has 0 aromatic carbocycles. The molecular weight excluding hydrogens is 354 g/mol. The van der Waals surface area contributed by atoms with Gasteiger partial charge in [-0.25, -0.2) is 4.79 Å². The number of aromatic nitrogens is 2. The Bertz CT molecular complexity index is 686. The van der Waals surface area contributed by atoms with Gasteiger partial charge in [0.2, 0.25) is 0 Å². The minimum atomic E-state index is -1.49. The van der Waals surface area contributed by atoms with Crippen molar-refractivity contribution in [2.24, 2.45) is 0 Å². The Balaban J connectivity index is 1.85. The molecule has 2 saturated heterocycles. The molecule has 26 heavy (non-hydrogen) atoms. The highest BCUT2D eigenvalue weighted by molar-refractivity contribution is 5.23. The summed E-state index contributed by atoms with van der Waals surface area (Å²) in [5, 5.41) is 48.6. The SMILES string of the molecule is Nc1ccn([C@@H]2O[C@H](CO)[C@@H](O)[C@H]2O[C@H]2O[C@H](CO)[C@@H](O)[C@@H]2O)c(=O)n1. The smallest absolute Gasteiger partial charge is 0.351 e. The summed E-state index contributed by atoms with van der Waals surface area (Å²) in [7, 11) is 0. The van der Waals surface area contributed by atoms with Crippen LogP contribution in [-0.2, 0) is 14.2 Å². The summed E-state index contributed by atoms with van der Waals surface area (Å²) < 4.78 is 17.2. The van der Waals surface area contributed by atoms with E-state index in [0.717, 1.165) is 4.57 Å². The minimum absolute atomic E-state index is 0.00979. The molecule has 8 atom stereocenters. The van der Waals surface area contributed by atoms with E-state index >= 15 is 0 Å². The summed E-state index contributed by atoms with van der Waals surface area (Å²) in [4.78, 5) is 15.6. The molecule has 146 valence electrons. The van der Waals surface area contributed by atoms with Gasteiger partial charge in [0, 0.05) is 6.20 Å². The molecule has 12 heteroatoms. The largest absolute Gasteiger partial charge is 0.394 e. The average molecular weight is 375 g/mol. The number of nitrogen functional groups attached to an aromatic ring is 1. The topological polar surface area (TPSA) is 190 Å². The zero-order valence-corrected chi connectivity index (χ0v) is 13.5. The van der Waals surface area contributed by atoms with Gasteiger partial charge in [-0.15, -0.1) is 0 Å². The van der Waals surface area contributed by atoms with Crippen LogP contribution in [0.25, 0.3) is 0 Å². The van der Waals surface area contributed by atoms with Crippen molar-refractivity contribution in [1.29, 1.82) is 0 Å². The highest BCUT2D eigenvalue weighted by atomic mass is 16.7. The van der Waals surface area contributed by atoms with Crippen LogP contribution >= 0.6 is 0 Å². The monoisotopic (exact) mass is 375 g/mol. The lowest BCUT2D eigenvalue weighted by atomic mass is 10.1. The predicted molar refractivity (Wildman–Crippen MR) is 82.5 cm³/mol. The van der Waals surface area contributed by atoms with Crippen molar-refractivity contribution in [3.05, 3.63) is 22.7 Å². The van der Waals surface area contributed by atoms with Crippen LogP contribution in [0.4, 0.5) is 5.82 Å². The number of nitrogens with zero attached hydrogens (tertiary/aromatic N) is 2. The van der Waals surface area contributed by atoms with Gasteiger partial charge in [-0.3, -0.25) is 4.57 Å². The van der Waals surface area contributed by atoms with Crippen molar-refractivity contribution in [3.63, 3.8) is 0 Å². The van der Waals surface area contributed by atoms with Crippen molar-refractivity contribution in [3.8, 4) is 0 Å². The molecule has 0 radical (unpaired) electrons. The second-order valence-corrected chi connectivity index (χ2v) is 6.09. The molecule has 0 bridgehead atoms. The quantitative estimate of drug-likeness (QED) is 0.293. The van der Waals surface area contributed by atoms with Gasteiger partial charge in [-0.05, 0) is 6.07 Å². The molecular formula is C14H21N3O9. The van der Waals surface area contributed by atoms with Gasteiger partial charge < -0.3 is 45.5 Å². The molecule has 1 aromatic rings. The van der Waals surface area contributed by atoms with E-state index in [1.165, 1.54) is 12.3 Å². The maximum Gasteiger partial charge on any atom is 0.351 e. The first kappa shape index (κ1) is 19.1. The predicted octanol–water partition coefficient (Wildman–Crippen LogP) is -4.10. The number of rotatable bonds is 5. The average Bonchev–Trinajstić information content (AvgIpc) is 3.07. The van der Waals surface area contributed by atoms with Crippen LogP contribution in [0, 0.1) is 0 Å². The molecule has 2 aliphatic rings. The molecule has 0 saturated carbocycles. The maximum absolute atomic E-state index is 12.1. The summed E-state index contributed by atoms with van der Waals surface area (Å²) in [5.74, 6) is -0.00979. The summed E-state index contributed by atoms with van der Waals surface area (Å²) in [5.41, 5.74) is 4.68. The standard InChI is InChI=1S/C14H21N3O9/c15-7-1-2-17(14(23)16-7)12-11(9(21)6(4-19)24-12)26-13-10(22)8(20)5(3-18)25-13/h1-2,5-6,8-13,18-22H,3-4H2,(H2,15,16,23)/t5-,6-,8-,9-,10+,11-,12-,13-/m1/s1. The molecule has 0 aliphatic carbocycles. The first-order chi connectivity index (χ1) is 12.4. The molecule has 12 nitrogen and oxygen atoms in total. The maximum atomic E-state index is 12.1. The van der Waals surface area contributed by atoms with E-state index in [9.17, 15) is 25.2 Å². The molecule has 0 spiro atoms. The highest BCUT2D eigenvalue weighted by Crippen LogP contribution is 2.34. The Labute approximate surface area is 147 Å². The lowest BCUT2D eigenvalue weighted by molar-refractivity contribution is -0.220. The van der Waals surface area contributed by atoms with Gasteiger partial charge in [0.25, 0.3) is 0 Å². The third-order valence-electron chi connectivity index (χ3n) is 4.41. The molecule has 2 aliphatic heterocycles. The second kappa shape index (κ2) is 7.54. The van der Waals surface area contributed by atoms with Gasteiger partial charge in [0.05, 0.1) is 13.2 Å². The number of nitrogens with two attached hydrogens (primary N) is 1. The van der Waals surface area contributed by atoms with Crippen LogP contribution in [-0.4, -0.2) is 91.2 Å². The van der Waals surface area contributed by atoms with Crippen LogP contribution in [0.5, 0.6) is 0 Å². The van der Waals surface area contributed by atoms with E-state index in [1.54, 1.807) is 0 Å². The second-order valence-electron chi connectivity index (χ2n) is 6.09. The van der Waals surface area contributed by atoms with Crippen LogP contribution in [0.2, 0.25) is 0 Å². The summed E-state index contributed by atoms with van der Waals surface area (Å²) >= 11 is 0. The van der Waals surface area contributed by atoms with Gasteiger partial charge in [-0.2, -0.15) is 4.98 Å². The Kier molecular flexibility index (Phi) is 5.55. The molecule has 7 N–H and O–H groups in total. The molecule has 2 fully saturated rings. The highest BCUT2D eigenvalue weighted by Gasteiger charge is 2.51. The fraction of sp³-hybridized carbons (Fsp3) is 0.714. The van der Waals surface area contributed by atoms with Crippen molar-refractivity contribution in [2.45, 2.75) is 49.1 Å². The zero-order valence-electron chi connectivity index (χ0n) is 13.5. The Hall–Kier alpha value is -1.64. The number of hydrogen-bond donors (Lipinski definition) is 6. The number of aliphatic hydroxyl groups excluding tert-OH is 5. The molecule has 3 rings (SSSR count). The van der Waals surface area contributed by atoms with E-state index in [-0.39, 0.29) is 5.82 Å². The lowest BCUT2D eigenvalue weighted by Crippen LogP contribution is -2.43. The van der Waals surface area contributed by atoms with Gasteiger partial charge in [-0.1, -0.05) is 0 Å². The number of aliphatic hydroxyl groups is 5. The van der Waals surface area contributed by atoms with Crippen LogP contribution in [0.1, 0.15) is 6.23 Å². The number of hydrogen-bond acceptors (Lipinski definition) is 11. The molecule has 3 heterocycles. The summed E-state index contributed by atoms with van der Waals surface area (Å²) in [6.07, 6.45) is -8.90. The third-order valence-corrected chi connectivity index (χ3v) is 4.41. The first-order valence-electron chi connectivity index (χ1n) is 7.94. The first-order valence-corrected chi connectivity index (χ1v) is 7.94. The third kappa shape index (κ3) is 3.33. The van der Waals surface area contributed by atoms with E-state index in [4.69, 9.17) is 25.1 Å². The van der Waals surface area contributed by atoms with Gasteiger partial charge in [0.15, 0.2) is 12.5 Å². The van der Waals surface area contributed by atoms with E-state index in [2.05, 4.69) is 4.98 Å². The van der Waals surface area contributed by atoms with Crippen molar-refractivity contribution >= 4 is 5.82 Å². The van der Waals surface area contributed by atoms with Gasteiger partial charge >= 0.3 is 5.69 Å². The summed E-state index contributed by atoms with van der Waals surface area (Å²) in [6.45, 7) is -1.10. The van der Waals surface area contributed by atoms with Crippen molar-refractivity contribution < 1.29 is 39.7 Å². The van der Waals surface area contributed by atoms with Crippen molar-refractivity contribution in [1.82, 2.24) is 9.55 Å².